The number of hydrogen-bond acceptors (Lipinski definition) is 3. The molecule has 1 saturated carbocycles. The van der Waals surface area contributed by atoms with Gasteiger partial charge >= 0.3 is 0 Å². The van der Waals surface area contributed by atoms with E-state index in [9.17, 15) is 0 Å². The van der Waals surface area contributed by atoms with Gasteiger partial charge < -0.3 is 5.32 Å². The number of nitrogens with zero attached hydrogens (tertiary/aromatic N) is 2. The summed E-state index contributed by atoms with van der Waals surface area (Å²) in [7, 11) is 0. The zero-order valence-corrected chi connectivity index (χ0v) is 12.9. The Labute approximate surface area is 125 Å². The quantitative estimate of drug-likeness (QED) is 0.872. The zero-order valence-electron chi connectivity index (χ0n) is 12.1. The second kappa shape index (κ2) is 6.55. The molecule has 20 heavy (non-hydrogen) atoms. The van der Waals surface area contributed by atoms with Crippen molar-refractivity contribution in [1.29, 1.82) is 0 Å². The van der Waals surface area contributed by atoms with Crippen LogP contribution in [0.4, 0.5) is 0 Å². The molecule has 0 spiro atoms. The summed E-state index contributed by atoms with van der Waals surface area (Å²) in [6.45, 7) is 3.15. The fraction of sp³-hybridized carbons (Fsp3) is 0.562. The first-order chi connectivity index (χ1) is 9.86. The van der Waals surface area contributed by atoms with Crippen molar-refractivity contribution in [3.63, 3.8) is 0 Å². The van der Waals surface area contributed by atoms with Gasteiger partial charge in [-0.05, 0) is 47.8 Å². The molecule has 0 saturated heterocycles. The molecule has 1 atom stereocenters. The van der Waals surface area contributed by atoms with E-state index in [2.05, 4.69) is 46.0 Å². The molecule has 1 aliphatic rings. The number of likely N-dealkylation sites (N-methyl/N-ethyl adjacent to an activating group) is 1. The minimum atomic E-state index is 0.387. The van der Waals surface area contributed by atoms with E-state index >= 15 is 0 Å². The summed E-state index contributed by atoms with van der Waals surface area (Å²) in [5.74, 6) is 0. The summed E-state index contributed by atoms with van der Waals surface area (Å²) >= 11 is 1.76. The molecule has 0 amide bonds. The summed E-state index contributed by atoms with van der Waals surface area (Å²) in [6, 6.07) is 5.43. The molecule has 0 aromatic carbocycles. The first-order valence-electron chi connectivity index (χ1n) is 7.66. The van der Waals surface area contributed by atoms with Crippen LogP contribution < -0.4 is 5.32 Å². The van der Waals surface area contributed by atoms with Crippen molar-refractivity contribution in [2.75, 3.05) is 6.54 Å². The van der Waals surface area contributed by atoms with Crippen molar-refractivity contribution in [2.45, 2.75) is 51.1 Å². The maximum Gasteiger partial charge on any atom is 0.0643 e. The molecular formula is C16H23N3S. The van der Waals surface area contributed by atoms with Crippen LogP contribution in [0, 0.1) is 0 Å². The zero-order chi connectivity index (χ0) is 13.8. The van der Waals surface area contributed by atoms with E-state index < -0.39 is 0 Å². The molecule has 2 heterocycles. The Bertz CT molecular complexity index is 512. The molecule has 4 heteroatoms. The summed E-state index contributed by atoms with van der Waals surface area (Å²) in [5, 5.41) is 12.8. The molecule has 108 valence electrons. The van der Waals surface area contributed by atoms with E-state index in [1.165, 1.54) is 36.9 Å². The Morgan fingerprint density at radius 3 is 2.95 bits per heavy atom. The molecule has 3 rings (SSSR count). The summed E-state index contributed by atoms with van der Waals surface area (Å²) in [5.41, 5.74) is 2.58. The Balaban J connectivity index is 1.69. The lowest BCUT2D eigenvalue weighted by atomic mass is 10.1. The molecule has 0 radical (unpaired) electrons. The summed E-state index contributed by atoms with van der Waals surface area (Å²) in [6.07, 6.45) is 8.44. The highest BCUT2D eigenvalue weighted by Gasteiger charge is 2.19. The summed E-state index contributed by atoms with van der Waals surface area (Å²) < 4.78 is 2.19. The number of hydrogen-bond donors (Lipinski definition) is 1. The fourth-order valence-electron chi connectivity index (χ4n) is 3.10. The van der Waals surface area contributed by atoms with Crippen LogP contribution in [0.5, 0.6) is 0 Å². The molecule has 1 unspecified atom stereocenters. The van der Waals surface area contributed by atoms with E-state index in [-0.39, 0.29) is 0 Å². The van der Waals surface area contributed by atoms with Gasteiger partial charge in [0, 0.05) is 18.7 Å². The van der Waals surface area contributed by atoms with E-state index in [4.69, 9.17) is 5.10 Å². The standard InChI is InChI=1S/C16H23N3S/c1-2-17-16(13-8-10-20-12-13)11-14-7-9-19(18-14)15-5-3-4-6-15/h7-10,12,15-17H,2-6,11H2,1H3. The SMILES string of the molecule is CCNC(Cc1ccn(C2CCCC2)n1)c1ccsc1. The van der Waals surface area contributed by atoms with Crippen molar-refractivity contribution in [3.8, 4) is 0 Å². The van der Waals surface area contributed by atoms with Crippen LogP contribution in [0.3, 0.4) is 0 Å². The Morgan fingerprint density at radius 1 is 1.40 bits per heavy atom. The van der Waals surface area contributed by atoms with Gasteiger partial charge in [-0.3, -0.25) is 4.68 Å². The van der Waals surface area contributed by atoms with Crippen LogP contribution >= 0.6 is 11.3 Å². The van der Waals surface area contributed by atoms with Gasteiger partial charge in [0.2, 0.25) is 0 Å². The van der Waals surface area contributed by atoms with E-state index in [0.29, 0.717) is 12.1 Å². The highest BCUT2D eigenvalue weighted by atomic mass is 32.1. The molecule has 1 aliphatic carbocycles. The normalized spacial score (nSPS) is 17.6. The maximum atomic E-state index is 4.80. The van der Waals surface area contributed by atoms with E-state index in [0.717, 1.165) is 13.0 Å². The van der Waals surface area contributed by atoms with Gasteiger partial charge in [0.25, 0.3) is 0 Å². The number of nitrogens with one attached hydrogen (secondary N) is 1. The van der Waals surface area contributed by atoms with Gasteiger partial charge in [0.05, 0.1) is 11.7 Å². The predicted molar refractivity (Wildman–Crippen MR) is 84.2 cm³/mol. The number of aromatic nitrogens is 2. The van der Waals surface area contributed by atoms with Crippen LogP contribution in [0.15, 0.2) is 29.1 Å². The van der Waals surface area contributed by atoms with Crippen molar-refractivity contribution in [1.82, 2.24) is 15.1 Å². The topological polar surface area (TPSA) is 29.9 Å². The van der Waals surface area contributed by atoms with Gasteiger partial charge in [0.1, 0.15) is 0 Å². The third-order valence-electron chi connectivity index (χ3n) is 4.17. The molecule has 1 N–H and O–H groups in total. The highest BCUT2D eigenvalue weighted by Crippen LogP contribution is 2.29. The van der Waals surface area contributed by atoms with Crippen molar-refractivity contribution in [3.05, 3.63) is 40.3 Å². The first-order valence-corrected chi connectivity index (χ1v) is 8.60. The predicted octanol–water partition coefficient (Wildman–Crippen LogP) is 3.95. The Morgan fingerprint density at radius 2 is 2.25 bits per heavy atom. The van der Waals surface area contributed by atoms with Crippen molar-refractivity contribution >= 4 is 11.3 Å². The van der Waals surface area contributed by atoms with Gasteiger partial charge in [-0.1, -0.05) is 19.8 Å². The third-order valence-corrected chi connectivity index (χ3v) is 4.87. The van der Waals surface area contributed by atoms with Gasteiger partial charge in [0.15, 0.2) is 0 Å². The lowest BCUT2D eigenvalue weighted by Gasteiger charge is -2.15. The van der Waals surface area contributed by atoms with Crippen molar-refractivity contribution in [2.24, 2.45) is 0 Å². The Kier molecular flexibility index (Phi) is 4.53. The van der Waals surface area contributed by atoms with Gasteiger partial charge in [-0.15, -0.1) is 0 Å². The monoisotopic (exact) mass is 289 g/mol. The van der Waals surface area contributed by atoms with Crippen LogP contribution in [0.1, 0.15) is 55.9 Å². The lowest BCUT2D eigenvalue weighted by molar-refractivity contribution is 0.457. The molecule has 0 aliphatic heterocycles. The summed E-state index contributed by atoms with van der Waals surface area (Å²) in [4.78, 5) is 0. The minimum absolute atomic E-state index is 0.387. The molecule has 2 aromatic rings. The highest BCUT2D eigenvalue weighted by molar-refractivity contribution is 7.07. The van der Waals surface area contributed by atoms with E-state index in [1.54, 1.807) is 11.3 Å². The fourth-order valence-corrected chi connectivity index (χ4v) is 3.81. The van der Waals surface area contributed by atoms with Crippen LogP contribution in [-0.2, 0) is 6.42 Å². The molecule has 2 aromatic heterocycles. The molecule has 1 fully saturated rings. The maximum absolute atomic E-state index is 4.80. The van der Waals surface area contributed by atoms with Gasteiger partial charge in [-0.25, -0.2) is 0 Å². The molecular weight excluding hydrogens is 266 g/mol. The van der Waals surface area contributed by atoms with Crippen LogP contribution in [0.25, 0.3) is 0 Å². The number of rotatable bonds is 6. The Hall–Kier alpha value is -1.13. The second-order valence-electron chi connectivity index (χ2n) is 5.60. The van der Waals surface area contributed by atoms with Crippen LogP contribution in [0.2, 0.25) is 0 Å². The van der Waals surface area contributed by atoms with Crippen molar-refractivity contribution < 1.29 is 0 Å². The smallest absolute Gasteiger partial charge is 0.0643 e. The average molecular weight is 289 g/mol. The lowest BCUT2D eigenvalue weighted by Crippen LogP contribution is -2.22. The first kappa shape index (κ1) is 13.8. The molecule has 3 nitrogen and oxygen atoms in total. The van der Waals surface area contributed by atoms with E-state index in [1.807, 2.05) is 0 Å². The van der Waals surface area contributed by atoms with Gasteiger partial charge in [-0.2, -0.15) is 16.4 Å². The molecule has 0 bridgehead atoms. The minimum Gasteiger partial charge on any atom is -0.310 e. The van der Waals surface area contributed by atoms with Crippen LogP contribution in [-0.4, -0.2) is 16.3 Å². The largest absolute Gasteiger partial charge is 0.310 e. The second-order valence-corrected chi connectivity index (χ2v) is 6.38. The number of thiophene rings is 1. The average Bonchev–Trinajstić information content (AvgIpc) is 3.20. The third kappa shape index (κ3) is 3.13.